The maximum absolute atomic E-state index is 11.8. The normalized spacial score (nSPS) is 28.3. The number of rotatable bonds is 3. The van der Waals surface area contributed by atoms with Gasteiger partial charge in [-0.3, -0.25) is 0 Å². The van der Waals surface area contributed by atoms with Crippen LogP contribution in [-0.2, 0) is 14.2 Å². The Morgan fingerprint density at radius 3 is 2.76 bits per heavy atom. The molecule has 0 radical (unpaired) electrons. The molecule has 0 saturated carbocycles. The van der Waals surface area contributed by atoms with E-state index in [0.717, 1.165) is 13.0 Å². The Labute approximate surface area is 102 Å². The van der Waals surface area contributed by atoms with Crippen LogP contribution in [0.3, 0.4) is 0 Å². The first-order valence-corrected chi connectivity index (χ1v) is 6.15. The molecule has 2 fully saturated rings. The third kappa shape index (κ3) is 4.16. The van der Waals surface area contributed by atoms with E-state index in [0.29, 0.717) is 19.7 Å². The Balaban J connectivity index is 1.70. The molecular formula is C12H21NO4. The zero-order valence-corrected chi connectivity index (χ0v) is 10.8. The lowest BCUT2D eigenvalue weighted by molar-refractivity contribution is 0.0193. The van der Waals surface area contributed by atoms with E-state index >= 15 is 0 Å². The first kappa shape index (κ1) is 12.6. The Bertz CT molecular complexity index is 283. The van der Waals surface area contributed by atoms with Gasteiger partial charge in [-0.1, -0.05) is 0 Å². The summed E-state index contributed by atoms with van der Waals surface area (Å²) in [4.78, 5) is 13.5. The molecule has 98 valence electrons. The second kappa shape index (κ2) is 4.82. The van der Waals surface area contributed by atoms with E-state index in [2.05, 4.69) is 0 Å². The van der Waals surface area contributed by atoms with E-state index in [4.69, 9.17) is 14.2 Å². The average molecular weight is 243 g/mol. The van der Waals surface area contributed by atoms with Gasteiger partial charge in [0.05, 0.1) is 25.9 Å². The summed E-state index contributed by atoms with van der Waals surface area (Å²) < 4.78 is 16.1. The van der Waals surface area contributed by atoms with Gasteiger partial charge in [0.1, 0.15) is 11.7 Å². The fourth-order valence-electron chi connectivity index (χ4n) is 1.76. The van der Waals surface area contributed by atoms with E-state index in [1.165, 1.54) is 0 Å². The van der Waals surface area contributed by atoms with Gasteiger partial charge in [0.15, 0.2) is 0 Å². The minimum atomic E-state index is -0.433. The molecule has 5 heteroatoms. The van der Waals surface area contributed by atoms with Crippen molar-refractivity contribution in [3.8, 4) is 0 Å². The Morgan fingerprint density at radius 1 is 1.47 bits per heavy atom. The van der Waals surface area contributed by atoms with E-state index in [1.54, 1.807) is 4.90 Å². The van der Waals surface area contributed by atoms with Crippen molar-refractivity contribution in [3.63, 3.8) is 0 Å². The van der Waals surface area contributed by atoms with Crippen molar-refractivity contribution >= 4 is 6.09 Å². The summed E-state index contributed by atoms with van der Waals surface area (Å²) in [6, 6.07) is 0. The quantitative estimate of drug-likeness (QED) is 0.703. The van der Waals surface area contributed by atoms with Gasteiger partial charge in [0, 0.05) is 6.54 Å². The molecule has 2 rings (SSSR count). The van der Waals surface area contributed by atoms with Crippen molar-refractivity contribution in [3.05, 3.63) is 0 Å². The van der Waals surface area contributed by atoms with E-state index in [1.807, 2.05) is 20.8 Å². The van der Waals surface area contributed by atoms with Crippen LogP contribution in [0.4, 0.5) is 4.79 Å². The Morgan fingerprint density at radius 2 is 2.18 bits per heavy atom. The molecule has 2 saturated heterocycles. The molecule has 2 atom stereocenters. The molecule has 0 unspecified atom stereocenters. The van der Waals surface area contributed by atoms with Crippen LogP contribution < -0.4 is 0 Å². The summed E-state index contributed by atoms with van der Waals surface area (Å²) in [5.74, 6) is 0. The fourth-order valence-corrected chi connectivity index (χ4v) is 1.76. The molecule has 0 aromatic heterocycles. The maximum Gasteiger partial charge on any atom is 0.410 e. The highest BCUT2D eigenvalue weighted by molar-refractivity contribution is 5.68. The molecule has 1 amide bonds. The van der Waals surface area contributed by atoms with Crippen molar-refractivity contribution in [2.75, 3.05) is 26.3 Å². The molecule has 0 bridgehead atoms. The third-order valence-electron chi connectivity index (χ3n) is 2.72. The molecule has 0 aromatic carbocycles. The van der Waals surface area contributed by atoms with Gasteiger partial charge in [-0.2, -0.15) is 0 Å². The number of amides is 1. The van der Waals surface area contributed by atoms with Crippen molar-refractivity contribution in [1.29, 1.82) is 0 Å². The lowest BCUT2D eigenvalue weighted by Gasteiger charge is -2.24. The summed E-state index contributed by atoms with van der Waals surface area (Å²) >= 11 is 0. The molecule has 2 heterocycles. The average Bonchev–Trinajstić information content (AvgIpc) is 2.90. The highest BCUT2D eigenvalue weighted by Gasteiger charge is 2.32. The van der Waals surface area contributed by atoms with Crippen LogP contribution in [0.1, 0.15) is 27.2 Å². The molecule has 0 N–H and O–H groups in total. The highest BCUT2D eigenvalue weighted by Crippen LogP contribution is 2.18. The van der Waals surface area contributed by atoms with Gasteiger partial charge >= 0.3 is 6.09 Å². The van der Waals surface area contributed by atoms with E-state index < -0.39 is 5.60 Å². The third-order valence-corrected chi connectivity index (χ3v) is 2.72. The lowest BCUT2D eigenvalue weighted by atomic mass is 10.2. The van der Waals surface area contributed by atoms with Gasteiger partial charge in [-0.25, -0.2) is 4.79 Å². The number of ether oxygens (including phenoxy) is 3. The molecule has 0 aromatic rings. The van der Waals surface area contributed by atoms with Crippen molar-refractivity contribution in [2.24, 2.45) is 0 Å². The molecular weight excluding hydrogens is 222 g/mol. The van der Waals surface area contributed by atoms with Crippen molar-refractivity contribution in [1.82, 2.24) is 4.90 Å². The number of likely N-dealkylation sites (tertiary alicyclic amines) is 1. The monoisotopic (exact) mass is 243 g/mol. The van der Waals surface area contributed by atoms with Gasteiger partial charge in [0.2, 0.25) is 0 Å². The Kier molecular flexibility index (Phi) is 3.58. The van der Waals surface area contributed by atoms with Crippen LogP contribution in [-0.4, -0.2) is 55.1 Å². The maximum atomic E-state index is 11.8. The van der Waals surface area contributed by atoms with Crippen LogP contribution in [0.25, 0.3) is 0 Å². The van der Waals surface area contributed by atoms with Gasteiger partial charge in [-0.05, 0) is 27.2 Å². The van der Waals surface area contributed by atoms with Gasteiger partial charge in [-0.15, -0.1) is 0 Å². The summed E-state index contributed by atoms with van der Waals surface area (Å²) in [5.41, 5.74) is -0.433. The molecule has 2 aliphatic heterocycles. The predicted octanol–water partition coefficient (Wildman–Crippen LogP) is 1.41. The number of carbonyl (C=O) groups excluding carboxylic acids is 1. The lowest BCUT2D eigenvalue weighted by Crippen LogP contribution is -2.36. The molecule has 2 aliphatic rings. The molecule has 17 heavy (non-hydrogen) atoms. The molecule has 0 spiro atoms. The minimum Gasteiger partial charge on any atom is -0.444 e. The fraction of sp³-hybridized carbons (Fsp3) is 0.917. The van der Waals surface area contributed by atoms with Crippen LogP contribution in [0.5, 0.6) is 0 Å². The summed E-state index contributed by atoms with van der Waals surface area (Å²) in [6.45, 7) is 8.42. The summed E-state index contributed by atoms with van der Waals surface area (Å²) in [5, 5.41) is 0. The second-order valence-electron chi connectivity index (χ2n) is 5.63. The highest BCUT2D eigenvalue weighted by atomic mass is 16.6. The molecule has 5 nitrogen and oxygen atoms in total. The topological polar surface area (TPSA) is 51.3 Å². The number of epoxide rings is 1. The summed E-state index contributed by atoms with van der Waals surface area (Å²) in [6.07, 6.45) is 1.05. The summed E-state index contributed by atoms with van der Waals surface area (Å²) in [7, 11) is 0. The SMILES string of the molecule is CC(C)(C)OC(=O)N1CC[C@@H](OC[C@H]2CO2)C1. The van der Waals surface area contributed by atoms with Crippen LogP contribution in [0, 0.1) is 0 Å². The number of hydrogen-bond acceptors (Lipinski definition) is 4. The predicted molar refractivity (Wildman–Crippen MR) is 61.9 cm³/mol. The zero-order chi connectivity index (χ0) is 12.5. The Hall–Kier alpha value is -0.810. The van der Waals surface area contributed by atoms with Gasteiger partial charge in [0.25, 0.3) is 0 Å². The van der Waals surface area contributed by atoms with Crippen molar-refractivity contribution in [2.45, 2.75) is 45.0 Å². The van der Waals surface area contributed by atoms with Crippen LogP contribution in [0.2, 0.25) is 0 Å². The second-order valence-corrected chi connectivity index (χ2v) is 5.63. The largest absolute Gasteiger partial charge is 0.444 e. The number of nitrogens with zero attached hydrogens (tertiary/aromatic N) is 1. The van der Waals surface area contributed by atoms with Crippen molar-refractivity contribution < 1.29 is 19.0 Å². The first-order chi connectivity index (χ1) is 7.94. The van der Waals surface area contributed by atoms with E-state index in [-0.39, 0.29) is 18.3 Å². The smallest absolute Gasteiger partial charge is 0.410 e. The zero-order valence-electron chi connectivity index (χ0n) is 10.8. The minimum absolute atomic E-state index is 0.131. The van der Waals surface area contributed by atoms with Crippen LogP contribution in [0.15, 0.2) is 0 Å². The number of hydrogen-bond donors (Lipinski definition) is 0. The van der Waals surface area contributed by atoms with Crippen LogP contribution >= 0.6 is 0 Å². The number of carbonyl (C=O) groups is 1. The first-order valence-electron chi connectivity index (χ1n) is 6.15. The van der Waals surface area contributed by atoms with Gasteiger partial charge < -0.3 is 19.1 Å². The standard InChI is InChI=1S/C12H21NO4/c1-12(2,3)17-11(14)13-5-4-9(6-13)15-7-10-8-16-10/h9-10H,4-8H2,1-3H3/t9-,10+/m1/s1. The van der Waals surface area contributed by atoms with E-state index in [9.17, 15) is 4.79 Å². The molecule has 0 aliphatic carbocycles.